The average Bonchev–Trinajstić information content (AvgIpc) is 2.49. The molecule has 0 saturated heterocycles. The summed E-state index contributed by atoms with van der Waals surface area (Å²) >= 11 is 3.47. The molecule has 0 amide bonds. The minimum absolute atomic E-state index is 0. The van der Waals surface area contributed by atoms with Gasteiger partial charge in [-0.15, -0.1) is 24.8 Å². The van der Waals surface area contributed by atoms with E-state index < -0.39 is 6.16 Å². The summed E-state index contributed by atoms with van der Waals surface area (Å²) in [7, 11) is 4.14. The summed E-state index contributed by atoms with van der Waals surface area (Å²) in [6.45, 7) is 0.903. The van der Waals surface area contributed by atoms with E-state index in [1.165, 1.54) is 11.1 Å². The fourth-order valence-corrected chi connectivity index (χ4v) is 2.09. The zero-order chi connectivity index (χ0) is 17.2. The number of carboxylic acid groups (broad SMARTS) is 2. The van der Waals surface area contributed by atoms with E-state index >= 15 is 0 Å². The maximum Gasteiger partial charge on any atom is 2.00 e. The van der Waals surface area contributed by atoms with E-state index in [0.717, 1.165) is 16.6 Å². The predicted octanol–water partition coefficient (Wildman–Crippen LogP) is 2.23. The van der Waals surface area contributed by atoms with Gasteiger partial charge in [-0.2, -0.15) is 0 Å². The van der Waals surface area contributed by atoms with Crippen molar-refractivity contribution in [3.05, 3.63) is 70.5 Å². The number of rotatable bonds is 4. The molecule has 138 valence electrons. The number of hydrogen-bond donors (Lipinski definition) is 0. The normalized spacial score (nSPS) is 9.62. The van der Waals surface area contributed by atoms with Crippen LogP contribution in [-0.4, -0.2) is 36.7 Å². The Labute approximate surface area is 187 Å². The number of likely N-dealkylation sites (N-methyl/N-ethyl adjacent to an activating group) is 1. The summed E-state index contributed by atoms with van der Waals surface area (Å²) in [5.41, 5.74) is 3.57. The number of hydrogen-bond acceptors (Lipinski definition) is 5. The van der Waals surface area contributed by atoms with Crippen LogP contribution in [0.2, 0.25) is 0 Å². The van der Waals surface area contributed by atoms with Crippen molar-refractivity contribution in [3.8, 4) is 0 Å². The number of aromatic nitrogens is 1. The molecule has 1 aromatic carbocycles. The summed E-state index contributed by atoms with van der Waals surface area (Å²) in [6.07, 6.45) is 3.61. The van der Waals surface area contributed by atoms with Crippen molar-refractivity contribution in [1.82, 2.24) is 9.88 Å². The molecule has 0 aliphatic rings. The van der Waals surface area contributed by atoms with Gasteiger partial charge < -0.3 is 19.9 Å². The maximum atomic E-state index is 8.33. The molecule has 2 aromatic rings. The molecule has 9 heteroatoms. The Morgan fingerprint density at radius 2 is 1.65 bits per heavy atom. The van der Waals surface area contributed by atoms with Crippen molar-refractivity contribution < 1.29 is 34.5 Å². The van der Waals surface area contributed by atoms with Gasteiger partial charge >= 0.3 is 19.5 Å². The zero-order valence-corrected chi connectivity index (χ0v) is 20.6. The van der Waals surface area contributed by atoms with Crippen LogP contribution in [0.15, 0.2) is 59.3 Å². The molecule has 0 aliphatic carbocycles. The van der Waals surface area contributed by atoms with Crippen LogP contribution in [0.25, 0.3) is 5.57 Å². The quantitative estimate of drug-likeness (QED) is 0.584. The van der Waals surface area contributed by atoms with Gasteiger partial charge in [-0.1, -0.05) is 40.2 Å². The molecule has 0 fully saturated rings. The predicted molar refractivity (Wildman–Crippen MR) is 104 cm³/mol. The van der Waals surface area contributed by atoms with E-state index in [-0.39, 0.29) is 44.3 Å². The van der Waals surface area contributed by atoms with Crippen molar-refractivity contribution in [2.75, 3.05) is 20.6 Å². The first kappa shape index (κ1) is 29.8. The second kappa shape index (κ2) is 16.2. The number of halogens is 3. The number of benzene rings is 1. The monoisotopic (exact) mass is 512 g/mol. The van der Waals surface area contributed by atoms with Crippen molar-refractivity contribution >= 4 is 52.5 Å². The van der Waals surface area contributed by atoms with Gasteiger partial charge in [-0.05, 0) is 49.6 Å². The van der Waals surface area contributed by atoms with Crippen LogP contribution in [0, 0.1) is 0 Å². The largest absolute Gasteiger partial charge is 2.00 e. The molecule has 0 radical (unpaired) electrons. The number of carbonyl (C=O) groups is 1. The first-order valence-corrected chi connectivity index (χ1v) is 7.58. The third-order valence-electron chi connectivity index (χ3n) is 2.79. The van der Waals surface area contributed by atoms with E-state index in [4.69, 9.17) is 15.0 Å². The van der Waals surface area contributed by atoms with Gasteiger partial charge in [-0.25, -0.2) is 0 Å². The van der Waals surface area contributed by atoms with Crippen LogP contribution in [0.4, 0.5) is 4.79 Å². The Bertz CT molecular complexity index is 653. The number of pyridine rings is 1. The van der Waals surface area contributed by atoms with Crippen molar-refractivity contribution in [2.24, 2.45) is 0 Å². The Morgan fingerprint density at radius 1 is 1.12 bits per heavy atom. The van der Waals surface area contributed by atoms with Crippen LogP contribution in [0.3, 0.4) is 0 Å². The Kier molecular flexibility index (Phi) is 18.6. The van der Waals surface area contributed by atoms with Gasteiger partial charge in [0.05, 0.1) is 0 Å². The minimum atomic E-state index is -2.33. The first-order chi connectivity index (χ1) is 10.9. The SMILES string of the molecule is CN(C)C/C=C(/c1ccc(Br)cc1)c1cccnc1.Cl.Cl.O=C([O-])[O-].[Zn+2]. The zero-order valence-electron chi connectivity index (χ0n) is 14.4. The Hall–Kier alpha value is -0.977. The standard InChI is InChI=1S/C16H17BrN2.CH2O3.2ClH.Zn/c1-19(2)11-9-16(14-4-3-10-18-12-14)13-5-7-15(17)8-6-13;2-1(3)4;;;/h3-10,12H,11H2,1-2H3;(H2,2,3,4);2*1H;/q;;;;+2/p-2/b16-9-;;;;. The second-order valence-corrected chi connectivity index (χ2v) is 5.79. The van der Waals surface area contributed by atoms with E-state index in [0.29, 0.717) is 0 Å². The maximum absolute atomic E-state index is 8.33. The molecule has 0 N–H and O–H groups in total. The summed E-state index contributed by atoms with van der Waals surface area (Å²) in [5.74, 6) is 0. The third kappa shape index (κ3) is 12.4. The molecule has 1 aromatic heterocycles. The summed E-state index contributed by atoms with van der Waals surface area (Å²) in [6, 6.07) is 12.4. The minimum Gasteiger partial charge on any atom is -0.652 e. The summed E-state index contributed by atoms with van der Waals surface area (Å²) < 4.78 is 1.09. The van der Waals surface area contributed by atoms with Crippen LogP contribution >= 0.6 is 40.7 Å². The van der Waals surface area contributed by atoms with Gasteiger partial charge in [0.1, 0.15) is 0 Å². The van der Waals surface area contributed by atoms with E-state index in [2.05, 4.69) is 76.3 Å². The smallest absolute Gasteiger partial charge is 0.652 e. The van der Waals surface area contributed by atoms with Crippen LogP contribution in [0.1, 0.15) is 11.1 Å². The van der Waals surface area contributed by atoms with Crippen molar-refractivity contribution in [3.63, 3.8) is 0 Å². The van der Waals surface area contributed by atoms with Crippen molar-refractivity contribution in [1.29, 1.82) is 0 Å². The molecule has 26 heavy (non-hydrogen) atoms. The van der Waals surface area contributed by atoms with Crippen LogP contribution < -0.4 is 10.2 Å². The molecular formula is C17H19BrCl2N2O3Zn. The van der Waals surface area contributed by atoms with E-state index in [1.54, 1.807) is 6.20 Å². The fraction of sp³-hybridized carbons (Fsp3) is 0.176. The molecule has 1 heterocycles. The molecule has 0 saturated carbocycles. The second-order valence-electron chi connectivity index (χ2n) is 4.88. The van der Waals surface area contributed by atoms with E-state index in [1.807, 2.05) is 12.3 Å². The van der Waals surface area contributed by atoms with Gasteiger partial charge in [-0.3, -0.25) is 4.98 Å². The molecule has 0 atom stereocenters. The van der Waals surface area contributed by atoms with Gasteiger partial charge in [0.25, 0.3) is 0 Å². The molecule has 0 bridgehead atoms. The molecule has 0 unspecified atom stereocenters. The van der Waals surface area contributed by atoms with E-state index in [9.17, 15) is 0 Å². The average molecular weight is 516 g/mol. The summed E-state index contributed by atoms with van der Waals surface area (Å²) in [4.78, 5) is 14.7. The Morgan fingerprint density at radius 3 is 2.08 bits per heavy atom. The molecule has 0 spiro atoms. The molecular weight excluding hydrogens is 496 g/mol. The van der Waals surface area contributed by atoms with Gasteiger partial charge in [0.15, 0.2) is 0 Å². The number of carbonyl (C=O) groups excluding carboxylic acids is 1. The molecule has 5 nitrogen and oxygen atoms in total. The van der Waals surface area contributed by atoms with Crippen LogP contribution in [0.5, 0.6) is 0 Å². The molecule has 0 aliphatic heterocycles. The van der Waals surface area contributed by atoms with Gasteiger partial charge in [0.2, 0.25) is 0 Å². The third-order valence-corrected chi connectivity index (χ3v) is 3.32. The number of nitrogens with zero attached hydrogens (tertiary/aromatic N) is 2. The van der Waals surface area contributed by atoms with Gasteiger partial charge in [0, 0.05) is 29.0 Å². The molecule has 2 rings (SSSR count). The summed E-state index contributed by atoms with van der Waals surface area (Å²) in [5, 5.41) is 16.7. The first-order valence-electron chi connectivity index (χ1n) is 6.79. The van der Waals surface area contributed by atoms with Crippen LogP contribution in [-0.2, 0) is 19.5 Å². The Balaban J connectivity index is -0.000000689. The van der Waals surface area contributed by atoms with Crippen molar-refractivity contribution in [2.45, 2.75) is 0 Å². The fourth-order valence-electron chi connectivity index (χ4n) is 1.83. The topological polar surface area (TPSA) is 79.3 Å².